The highest BCUT2D eigenvalue weighted by Gasteiger charge is 2.13. The van der Waals surface area contributed by atoms with Crippen LogP contribution in [-0.4, -0.2) is 15.0 Å². The minimum absolute atomic E-state index is 0.499. The lowest BCUT2D eigenvalue weighted by molar-refractivity contribution is 1.31. The normalized spacial score (nSPS) is 11.4. The highest BCUT2D eigenvalue weighted by Crippen LogP contribution is 2.35. The second-order valence-corrected chi connectivity index (χ2v) is 6.94. The fraction of sp³-hybridized carbons (Fsp3) is 0. The Hall–Kier alpha value is -3.18. The molecule has 0 aliphatic heterocycles. The van der Waals surface area contributed by atoms with Crippen molar-refractivity contribution in [1.82, 2.24) is 15.0 Å². The number of aromatic amines is 1. The van der Waals surface area contributed by atoms with Crippen LogP contribution in [-0.2, 0) is 0 Å². The fourth-order valence-electron chi connectivity index (χ4n) is 3.01. The standard InChI is InChI=1S/C20H14N4S/c21-19-14(20-24-16-7-3-4-8-18(16)25-20)9-13(11-22-19)17-10-12-5-1-2-6-15(12)23-17/h1-11,23H,(H2,21,22). The Morgan fingerprint density at radius 2 is 1.80 bits per heavy atom. The van der Waals surface area contributed by atoms with Gasteiger partial charge in [0.1, 0.15) is 10.8 Å². The average molecular weight is 342 g/mol. The molecule has 25 heavy (non-hydrogen) atoms. The van der Waals surface area contributed by atoms with E-state index in [0.717, 1.165) is 37.6 Å². The molecule has 3 aromatic heterocycles. The summed E-state index contributed by atoms with van der Waals surface area (Å²) in [7, 11) is 0. The summed E-state index contributed by atoms with van der Waals surface area (Å²) in [5, 5.41) is 2.07. The van der Waals surface area contributed by atoms with E-state index in [4.69, 9.17) is 10.7 Å². The second kappa shape index (κ2) is 5.43. The van der Waals surface area contributed by atoms with Crippen molar-refractivity contribution in [3.63, 3.8) is 0 Å². The number of pyridine rings is 1. The maximum Gasteiger partial charge on any atom is 0.133 e. The molecule has 2 aromatic carbocycles. The number of hydrogen-bond acceptors (Lipinski definition) is 4. The van der Waals surface area contributed by atoms with E-state index in [1.807, 2.05) is 30.3 Å². The van der Waals surface area contributed by atoms with Crippen molar-refractivity contribution in [2.75, 3.05) is 5.73 Å². The van der Waals surface area contributed by atoms with E-state index in [1.54, 1.807) is 17.5 Å². The largest absolute Gasteiger partial charge is 0.383 e. The number of hydrogen-bond donors (Lipinski definition) is 2. The molecule has 0 spiro atoms. The van der Waals surface area contributed by atoms with Gasteiger partial charge in [-0.2, -0.15) is 0 Å². The lowest BCUT2D eigenvalue weighted by Gasteiger charge is -2.04. The molecular weight excluding hydrogens is 328 g/mol. The van der Waals surface area contributed by atoms with Gasteiger partial charge in [0.2, 0.25) is 0 Å². The Kier molecular flexibility index (Phi) is 3.08. The smallest absolute Gasteiger partial charge is 0.133 e. The molecule has 0 bridgehead atoms. The number of nitrogen functional groups attached to an aromatic ring is 1. The Bertz CT molecular complexity index is 1150. The Morgan fingerprint density at radius 3 is 2.68 bits per heavy atom. The summed E-state index contributed by atoms with van der Waals surface area (Å²) in [6.07, 6.45) is 1.80. The third kappa shape index (κ3) is 2.37. The predicted molar refractivity (Wildman–Crippen MR) is 105 cm³/mol. The maximum absolute atomic E-state index is 6.14. The first-order valence-electron chi connectivity index (χ1n) is 7.97. The summed E-state index contributed by atoms with van der Waals surface area (Å²) < 4.78 is 1.15. The maximum atomic E-state index is 6.14. The van der Waals surface area contributed by atoms with Crippen molar-refractivity contribution in [1.29, 1.82) is 0 Å². The zero-order valence-electron chi connectivity index (χ0n) is 13.2. The second-order valence-electron chi connectivity index (χ2n) is 5.91. The van der Waals surface area contributed by atoms with Crippen molar-refractivity contribution < 1.29 is 0 Å². The van der Waals surface area contributed by atoms with Crippen LogP contribution in [0.25, 0.3) is 42.9 Å². The van der Waals surface area contributed by atoms with Gasteiger partial charge in [-0.1, -0.05) is 30.3 Å². The van der Waals surface area contributed by atoms with Crippen molar-refractivity contribution in [2.45, 2.75) is 0 Å². The average Bonchev–Trinajstić information content (AvgIpc) is 3.26. The van der Waals surface area contributed by atoms with Crippen LogP contribution < -0.4 is 5.73 Å². The molecule has 120 valence electrons. The molecule has 3 N–H and O–H groups in total. The Balaban J connectivity index is 1.66. The molecule has 4 nitrogen and oxygen atoms in total. The topological polar surface area (TPSA) is 67.6 Å². The van der Waals surface area contributed by atoms with Gasteiger partial charge in [-0.25, -0.2) is 9.97 Å². The molecule has 0 aliphatic rings. The molecule has 5 aromatic rings. The first-order valence-corrected chi connectivity index (χ1v) is 8.79. The van der Waals surface area contributed by atoms with Crippen LogP contribution in [0.5, 0.6) is 0 Å². The number of H-pyrrole nitrogens is 1. The third-order valence-electron chi connectivity index (χ3n) is 4.28. The molecule has 0 saturated carbocycles. The summed E-state index contributed by atoms with van der Waals surface area (Å²) in [5.74, 6) is 0.499. The minimum Gasteiger partial charge on any atom is -0.383 e. The van der Waals surface area contributed by atoms with E-state index in [0.29, 0.717) is 5.82 Å². The number of thiazole rings is 1. The predicted octanol–water partition coefficient (Wildman–Crippen LogP) is 5.09. The number of nitrogens with one attached hydrogen (secondary N) is 1. The van der Waals surface area contributed by atoms with E-state index >= 15 is 0 Å². The Morgan fingerprint density at radius 1 is 0.960 bits per heavy atom. The number of rotatable bonds is 2. The molecular formula is C20H14N4S. The molecule has 0 atom stereocenters. The van der Waals surface area contributed by atoms with Crippen LogP contribution in [0.3, 0.4) is 0 Å². The molecule has 0 amide bonds. The van der Waals surface area contributed by atoms with Crippen LogP contribution in [0.4, 0.5) is 5.82 Å². The highest BCUT2D eigenvalue weighted by atomic mass is 32.1. The summed E-state index contributed by atoms with van der Waals surface area (Å²) >= 11 is 1.63. The first-order chi connectivity index (χ1) is 12.3. The zero-order valence-corrected chi connectivity index (χ0v) is 14.0. The van der Waals surface area contributed by atoms with Crippen LogP contribution in [0.15, 0.2) is 66.9 Å². The quantitative estimate of drug-likeness (QED) is 0.469. The number of anilines is 1. The summed E-state index contributed by atoms with van der Waals surface area (Å²) in [5.41, 5.74) is 11.1. The first kappa shape index (κ1) is 14.2. The van der Waals surface area contributed by atoms with Gasteiger partial charge in [0.05, 0.1) is 15.8 Å². The molecule has 0 aliphatic carbocycles. The van der Waals surface area contributed by atoms with Crippen molar-refractivity contribution in [2.24, 2.45) is 0 Å². The van der Waals surface area contributed by atoms with Crippen LogP contribution in [0, 0.1) is 0 Å². The van der Waals surface area contributed by atoms with Crippen molar-refractivity contribution in [3.05, 3.63) is 66.9 Å². The summed E-state index contributed by atoms with van der Waals surface area (Å²) in [6.45, 7) is 0. The van der Waals surface area contributed by atoms with Gasteiger partial charge in [-0.3, -0.25) is 0 Å². The molecule has 0 radical (unpaired) electrons. The van der Waals surface area contributed by atoms with E-state index in [2.05, 4.69) is 40.3 Å². The van der Waals surface area contributed by atoms with Gasteiger partial charge >= 0.3 is 0 Å². The summed E-state index contributed by atoms with van der Waals surface area (Å²) in [6, 6.07) is 20.5. The fourth-order valence-corrected chi connectivity index (χ4v) is 4.00. The van der Waals surface area contributed by atoms with Gasteiger partial charge in [0, 0.05) is 28.4 Å². The Labute approximate surface area is 148 Å². The number of nitrogens with two attached hydrogens (primary N) is 1. The zero-order chi connectivity index (χ0) is 16.8. The van der Waals surface area contributed by atoms with Gasteiger partial charge in [0.25, 0.3) is 0 Å². The molecule has 5 heteroatoms. The monoisotopic (exact) mass is 342 g/mol. The van der Waals surface area contributed by atoms with Gasteiger partial charge in [0.15, 0.2) is 0 Å². The van der Waals surface area contributed by atoms with Crippen LogP contribution >= 0.6 is 11.3 Å². The van der Waals surface area contributed by atoms with Gasteiger partial charge in [-0.05, 0) is 30.3 Å². The van der Waals surface area contributed by atoms with Gasteiger partial charge in [-0.15, -0.1) is 11.3 Å². The molecule has 3 heterocycles. The summed E-state index contributed by atoms with van der Waals surface area (Å²) in [4.78, 5) is 12.5. The number of benzene rings is 2. The lowest BCUT2D eigenvalue weighted by atomic mass is 10.1. The van der Waals surface area contributed by atoms with Gasteiger partial charge < -0.3 is 10.7 Å². The van der Waals surface area contributed by atoms with Crippen molar-refractivity contribution in [3.8, 4) is 21.8 Å². The molecule has 0 saturated heterocycles. The van der Waals surface area contributed by atoms with E-state index in [9.17, 15) is 0 Å². The SMILES string of the molecule is Nc1ncc(-c2cc3ccccc3[nH]2)cc1-c1nc2ccccc2s1. The number of para-hydroxylation sites is 2. The van der Waals surface area contributed by atoms with E-state index < -0.39 is 0 Å². The highest BCUT2D eigenvalue weighted by molar-refractivity contribution is 7.21. The number of aromatic nitrogens is 3. The van der Waals surface area contributed by atoms with E-state index in [-0.39, 0.29) is 0 Å². The van der Waals surface area contributed by atoms with E-state index in [1.165, 1.54) is 5.39 Å². The number of nitrogens with zero attached hydrogens (tertiary/aromatic N) is 2. The van der Waals surface area contributed by atoms with Crippen LogP contribution in [0.1, 0.15) is 0 Å². The lowest BCUT2D eigenvalue weighted by Crippen LogP contribution is -1.94. The third-order valence-corrected chi connectivity index (χ3v) is 5.35. The minimum atomic E-state index is 0.499. The van der Waals surface area contributed by atoms with Crippen LogP contribution in [0.2, 0.25) is 0 Å². The molecule has 0 fully saturated rings. The number of fused-ring (bicyclic) bond motifs is 2. The van der Waals surface area contributed by atoms with Crippen molar-refractivity contribution >= 4 is 38.3 Å². The molecule has 5 rings (SSSR count). The molecule has 0 unspecified atom stereocenters.